The molecule has 0 amide bonds. The minimum atomic E-state index is 0. The number of hydrogen-bond donors (Lipinski definition) is 1. The maximum absolute atomic E-state index is 5.51. The highest BCUT2D eigenvalue weighted by molar-refractivity contribution is 5.31. The standard InChI is InChI=1S/C10H15NO.ClH/c1-9-5-3-4-6-10(9)12-8-7-11-2;/h3-6,11H,7-8H2,1-2H3;1H/p-1. The number of hydrogen-bond acceptors (Lipinski definition) is 2. The van der Waals surface area contributed by atoms with Gasteiger partial charge in [-0.25, -0.2) is 0 Å². The number of aryl methyl sites for hydroxylation is 1. The lowest BCUT2D eigenvalue weighted by atomic mass is 10.2. The second kappa shape index (κ2) is 6.75. The van der Waals surface area contributed by atoms with Crippen LogP contribution in [-0.4, -0.2) is 20.2 Å². The summed E-state index contributed by atoms with van der Waals surface area (Å²) in [5, 5.41) is 3.03. The van der Waals surface area contributed by atoms with Gasteiger partial charge >= 0.3 is 0 Å². The van der Waals surface area contributed by atoms with E-state index < -0.39 is 0 Å². The van der Waals surface area contributed by atoms with E-state index in [1.54, 1.807) is 0 Å². The predicted octanol–water partition coefficient (Wildman–Crippen LogP) is -1.40. The van der Waals surface area contributed by atoms with Crippen LogP contribution in [0, 0.1) is 6.92 Å². The molecule has 1 aromatic rings. The van der Waals surface area contributed by atoms with Gasteiger partial charge in [-0.1, -0.05) is 18.2 Å². The fraction of sp³-hybridized carbons (Fsp3) is 0.400. The summed E-state index contributed by atoms with van der Waals surface area (Å²) in [6.45, 7) is 3.66. The molecule has 0 saturated carbocycles. The number of halogens is 1. The highest BCUT2D eigenvalue weighted by Gasteiger charge is 1.95. The molecule has 0 saturated heterocycles. The summed E-state index contributed by atoms with van der Waals surface area (Å²) in [5.41, 5.74) is 1.19. The van der Waals surface area contributed by atoms with Crippen molar-refractivity contribution in [1.82, 2.24) is 5.32 Å². The molecule has 0 aliphatic heterocycles. The average Bonchev–Trinajstić information content (AvgIpc) is 2.09. The topological polar surface area (TPSA) is 21.3 Å². The number of nitrogens with one attached hydrogen (secondary N) is 1. The van der Waals surface area contributed by atoms with Crippen molar-refractivity contribution in [1.29, 1.82) is 0 Å². The number of likely N-dealkylation sites (N-methyl/N-ethyl adjacent to an activating group) is 1. The molecule has 1 N–H and O–H groups in total. The van der Waals surface area contributed by atoms with Crippen LogP contribution in [0.2, 0.25) is 0 Å². The second-order valence-electron chi connectivity index (χ2n) is 2.72. The molecule has 0 aromatic heterocycles. The van der Waals surface area contributed by atoms with Crippen molar-refractivity contribution in [2.45, 2.75) is 6.92 Å². The van der Waals surface area contributed by atoms with Crippen LogP contribution in [-0.2, 0) is 0 Å². The SMILES string of the molecule is CNCCOc1ccccc1C.[Cl-]. The van der Waals surface area contributed by atoms with Gasteiger partial charge < -0.3 is 22.5 Å². The van der Waals surface area contributed by atoms with E-state index in [-0.39, 0.29) is 12.4 Å². The quantitative estimate of drug-likeness (QED) is 0.604. The monoisotopic (exact) mass is 200 g/mol. The number of benzene rings is 1. The third-order valence-corrected chi connectivity index (χ3v) is 1.70. The molecule has 2 nitrogen and oxygen atoms in total. The highest BCUT2D eigenvalue weighted by atomic mass is 35.5. The minimum Gasteiger partial charge on any atom is -1.00 e. The third kappa shape index (κ3) is 4.15. The Morgan fingerprint density at radius 2 is 2.00 bits per heavy atom. The van der Waals surface area contributed by atoms with Gasteiger partial charge in [0.2, 0.25) is 0 Å². The first-order valence-corrected chi connectivity index (χ1v) is 4.17. The van der Waals surface area contributed by atoms with Crippen molar-refractivity contribution in [3.63, 3.8) is 0 Å². The minimum absolute atomic E-state index is 0. The summed E-state index contributed by atoms with van der Waals surface area (Å²) in [6.07, 6.45) is 0. The zero-order valence-corrected chi connectivity index (χ0v) is 8.77. The molecule has 0 atom stereocenters. The van der Waals surface area contributed by atoms with Crippen LogP contribution in [0.25, 0.3) is 0 Å². The summed E-state index contributed by atoms with van der Waals surface area (Å²) in [6, 6.07) is 8.04. The maximum atomic E-state index is 5.51. The van der Waals surface area contributed by atoms with E-state index in [9.17, 15) is 0 Å². The Hall–Kier alpha value is -0.730. The van der Waals surface area contributed by atoms with E-state index in [1.165, 1.54) is 5.56 Å². The number of para-hydroxylation sites is 1. The third-order valence-electron chi connectivity index (χ3n) is 1.70. The van der Waals surface area contributed by atoms with Crippen LogP contribution in [0.4, 0.5) is 0 Å². The molecule has 0 radical (unpaired) electrons. The fourth-order valence-electron chi connectivity index (χ4n) is 0.981. The van der Waals surface area contributed by atoms with Gasteiger partial charge in [0.05, 0.1) is 0 Å². The molecule has 1 aromatic carbocycles. The van der Waals surface area contributed by atoms with E-state index in [0.717, 1.165) is 18.9 Å². The van der Waals surface area contributed by atoms with Gasteiger partial charge in [0.25, 0.3) is 0 Å². The van der Waals surface area contributed by atoms with Crippen molar-refractivity contribution in [2.75, 3.05) is 20.2 Å². The lowest BCUT2D eigenvalue weighted by molar-refractivity contribution is -0.00000300. The Labute approximate surface area is 85.7 Å². The first-order valence-electron chi connectivity index (χ1n) is 4.17. The van der Waals surface area contributed by atoms with Gasteiger partial charge in [0, 0.05) is 6.54 Å². The van der Waals surface area contributed by atoms with Crippen LogP contribution >= 0.6 is 0 Å². The summed E-state index contributed by atoms with van der Waals surface area (Å²) in [7, 11) is 1.92. The Bertz CT molecular complexity index is 240. The van der Waals surface area contributed by atoms with Crippen molar-refractivity contribution >= 4 is 0 Å². The van der Waals surface area contributed by atoms with Gasteiger partial charge in [-0.15, -0.1) is 0 Å². The van der Waals surface area contributed by atoms with Gasteiger partial charge in [-0.2, -0.15) is 0 Å². The normalized spacial score (nSPS) is 9.08. The molecule has 1 rings (SSSR count). The van der Waals surface area contributed by atoms with E-state index in [4.69, 9.17) is 4.74 Å². The van der Waals surface area contributed by atoms with Crippen LogP contribution in [0.1, 0.15) is 5.56 Å². The molecule has 3 heteroatoms. The molecule has 0 aliphatic rings. The molecular formula is C10H15ClNO-. The molecule has 0 fully saturated rings. The van der Waals surface area contributed by atoms with E-state index in [2.05, 4.69) is 18.3 Å². The zero-order chi connectivity index (χ0) is 8.81. The van der Waals surface area contributed by atoms with Gasteiger partial charge in [-0.3, -0.25) is 0 Å². The van der Waals surface area contributed by atoms with E-state index in [0.29, 0.717) is 0 Å². The average molecular weight is 201 g/mol. The van der Waals surface area contributed by atoms with Gasteiger partial charge in [-0.05, 0) is 25.6 Å². The molecule has 13 heavy (non-hydrogen) atoms. The number of rotatable bonds is 4. The van der Waals surface area contributed by atoms with E-state index in [1.807, 2.05) is 25.2 Å². The molecule has 0 spiro atoms. The Morgan fingerprint density at radius 1 is 1.31 bits per heavy atom. The van der Waals surface area contributed by atoms with Gasteiger partial charge in [0.15, 0.2) is 0 Å². The summed E-state index contributed by atoms with van der Waals surface area (Å²) >= 11 is 0. The van der Waals surface area contributed by atoms with Crippen LogP contribution in [0.5, 0.6) is 5.75 Å². The lowest BCUT2D eigenvalue weighted by Crippen LogP contribution is -3.00. The van der Waals surface area contributed by atoms with Crippen molar-refractivity contribution in [3.8, 4) is 5.75 Å². The predicted molar refractivity (Wildman–Crippen MR) is 50.6 cm³/mol. The highest BCUT2D eigenvalue weighted by Crippen LogP contribution is 2.15. The molecule has 0 unspecified atom stereocenters. The number of ether oxygens (including phenoxy) is 1. The molecule has 74 valence electrons. The molecule has 0 bridgehead atoms. The maximum Gasteiger partial charge on any atom is 0.122 e. The molecular weight excluding hydrogens is 186 g/mol. The Balaban J connectivity index is 0.00000144. The van der Waals surface area contributed by atoms with Crippen LogP contribution < -0.4 is 22.5 Å². The summed E-state index contributed by atoms with van der Waals surface area (Å²) < 4.78 is 5.51. The summed E-state index contributed by atoms with van der Waals surface area (Å²) in [4.78, 5) is 0. The van der Waals surface area contributed by atoms with Gasteiger partial charge in [0.1, 0.15) is 12.4 Å². The van der Waals surface area contributed by atoms with E-state index >= 15 is 0 Å². The molecule has 0 heterocycles. The second-order valence-corrected chi connectivity index (χ2v) is 2.72. The zero-order valence-electron chi connectivity index (χ0n) is 8.01. The largest absolute Gasteiger partial charge is 1.00 e. The van der Waals surface area contributed by atoms with Crippen molar-refractivity contribution in [3.05, 3.63) is 29.8 Å². The van der Waals surface area contributed by atoms with Crippen LogP contribution in [0.3, 0.4) is 0 Å². The lowest BCUT2D eigenvalue weighted by Gasteiger charge is -2.07. The Kier molecular flexibility index (Phi) is 6.37. The van der Waals surface area contributed by atoms with Crippen molar-refractivity contribution < 1.29 is 17.1 Å². The first-order chi connectivity index (χ1) is 5.84. The Morgan fingerprint density at radius 3 is 2.62 bits per heavy atom. The van der Waals surface area contributed by atoms with Crippen LogP contribution in [0.15, 0.2) is 24.3 Å². The fourth-order valence-corrected chi connectivity index (χ4v) is 0.981. The molecule has 0 aliphatic carbocycles. The van der Waals surface area contributed by atoms with Crippen molar-refractivity contribution in [2.24, 2.45) is 0 Å². The smallest absolute Gasteiger partial charge is 0.122 e. The first kappa shape index (κ1) is 12.3. The summed E-state index contributed by atoms with van der Waals surface area (Å²) in [5.74, 6) is 0.979.